The van der Waals surface area contributed by atoms with E-state index >= 15 is 0 Å². The van der Waals surface area contributed by atoms with E-state index in [0.29, 0.717) is 25.8 Å². The highest BCUT2D eigenvalue weighted by molar-refractivity contribution is 5.98. The molecule has 1 aromatic carbocycles. The first-order valence-electron chi connectivity index (χ1n) is 13.9. The quantitative estimate of drug-likeness (QED) is 0.0637. The number of rotatable bonds is 19. The Hall–Kier alpha value is -4.60. The Labute approximate surface area is 249 Å². The second-order valence-corrected chi connectivity index (χ2v) is 9.97. The molecule has 0 aromatic heterocycles. The summed E-state index contributed by atoms with van der Waals surface area (Å²) in [6.07, 6.45) is 1.10. The van der Waals surface area contributed by atoms with E-state index < -0.39 is 71.5 Å². The number of unbranched alkanes of at least 4 members (excludes halogenated alkanes) is 1. The second kappa shape index (κ2) is 18.8. The van der Waals surface area contributed by atoms with Crippen LogP contribution in [-0.4, -0.2) is 76.8 Å². The molecule has 1 aromatic rings. The minimum atomic E-state index is -1.32. The summed E-state index contributed by atoms with van der Waals surface area (Å²) >= 11 is 0. The Balaban J connectivity index is 2.91. The molecular formula is C27H41N7O9. The molecule has 0 aliphatic heterocycles. The number of nitrogens with zero attached hydrogens (tertiary/aromatic N) is 1. The van der Waals surface area contributed by atoms with E-state index in [-0.39, 0.29) is 30.1 Å². The van der Waals surface area contributed by atoms with Gasteiger partial charge >= 0.3 is 5.97 Å². The van der Waals surface area contributed by atoms with Gasteiger partial charge in [-0.3, -0.25) is 38.9 Å². The van der Waals surface area contributed by atoms with Gasteiger partial charge in [0.1, 0.15) is 18.1 Å². The number of nitro benzene ring substituents is 1. The Morgan fingerprint density at radius 2 is 1.56 bits per heavy atom. The van der Waals surface area contributed by atoms with Crippen LogP contribution in [0.3, 0.4) is 0 Å². The van der Waals surface area contributed by atoms with Gasteiger partial charge in [0.05, 0.1) is 11.5 Å². The zero-order valence-electron chi connectivity index (χ0n) is 24.5. The van der Waals surface area contributed by atoms with Crippen LogP contribution in [0.1, 0.15) is 59.3 Å². The first-order valence-corrected chi connectivity index (χ1v) is 13.9. The number of benzene rings is 1. The molecule has 0 saturated carbocycles. The summed E-state index contributed by atoms with van der Waals surface area (Å²) in [5, 5.41) is 32.4. The van der Waals surface area contributed by atoms with Gasteiger partial charge in [0.25, 0.3) is 5.69 Å². The van der Waals surface area contributed by atoms with Gasteiger partial charge in [-0.2, -0.15) is 0 Å². The number of hydrogen-bond acceptors (Lipinski definition) is 9. The van der Waals surface area contributed by atoms with Crippen LogP contribution in [0.2, 0.25) is 0 Å². The van der Waals surface area contributed by atoms with Gasteiger partial charge in [0.15, 0.2) is 0 Å². The van der Waals surface area contributed by atoms with E-state index in [4.69, 9.17) is 10.8 Å². The predicted octanol–water partition coefficient (Wildman–Crippen LogP) is 0.164. The van der Waals surface area contributed by atoms with Crippen LogP contribution in [0, 0.1) is 16.0 Å². The molecule has 16 heteroatoms. The fraction of sp³-hybridized carbons (Fsp3) is 0.556. The van der Waals surface area contributed by atoms with Gasteiger partial charge < -0.3 is 37.4 Å². The average molecular weight is 608 g/mol. The van der Waals surface area contributed by atoms with Crippen molar-refractivity contribution in [2.24, 2.45) is 11.7 Å². The van der Waals surface area contributed by atoms with Crippen LogP contribution >= 0.6 is 0 Å². The maximum atomic E-state index is 12.9. The molecule has 0 aliphatic carbocycles. The van der Waals surface area contributed by atoms with Gasteiger partial charge in [-0.1, -0.05) is 20.3 Å². The van der Waals surface area contributed by atoms with Crippen molar-refractivity contribution >= 4 is 46.9 Å². The van der Waals surface area contributed by atoms with Crippen molar-refractivity contribution in [2.45, 2.75) is 77.4 Å². The molecule has 0 saturated heterocycles. The summed E-state index contributed by atoms with van der Waals surface area (Å²) in [6, 6.07) is 1.82. The first kappa shape index (κ1) is 36.4. The lowest BCUT2D eigenvalue weighted by Gasteiger charge is -2.26. The molecule has 0 fully saturated rings. The molecule has 0 unspecified atom stereocenters. The number of hydrogen-bond donors (Lipinski definition) is 7. The zero-order chi connectivity index (χ0) is 32.5. The standard InChI is InChI=1S/C27H41N7O9/c1-4-16(2)24(30-17(3)35)27(41)33-21(12-13-23(37)38)25(39)29-15-22(36)32-20(7-5-6-14-28)26(40)31-18-8-10-19(11-9-18)34(42)43/h8-11,16,20-21,24H,4-7,12-15,28H2,1-3H3,(H,29,39)(H,30,35)(H,31,40)(H,32,36)(H,33,41)(H,37,38)/t16-,20-,21-,24-/m0/s1. The molecule has 238 valence electrons. The third kappa shape index (κ3) is 13.7. The number of carboxylic acid groups (broad SMARTS) is 1. The number of carboxylic acids is 1. The van der Waals surface area contributed by atoms with E-state index in [1.165, 1.54) is 31.2 Å². The molecule has 0 spiro atoms. The average Bonchev–Trinajstić information content (AvgIpc) is 2.95. The lowest BCUT2D eigenvalue weighted by atomic mass is 9.97. The Kier molecular flexibility index (Phi) is 15.9. The fourth-order valence-corrected chi connectivity index (χ4v) is 3.91. The number of nitrogens with one attached hydrogen (secondary N) is 5. The molecule has 43 heavy (non-hydrogen) atoms. The minimum Gasteiger partial charge on any atom is -0.481 e. The number of carbonyl (C=O) groups excluding carboxylic acids is 5. The summed E-state index contributed by atoms with van der Waals surface area (Å²) in [7, 11) is 0. The van der Waals surface area contributed by atoms with Crippen LogP contribution in [-0.2, 0) is 28.8 Å². The van der Waals surface area contributed by atoms with Crippen LogP contribution in [0.5, 0.6) is 0 Å². The third-order valence-electron chi connectivity index (χ3n) is 6.50. The number of non-ortho nitro benzene ring substituents is 1. The number of nitro groups is 1. The van der Waals surface area contributed by atoms with Crippen molar-refractivity contribution < 1.29 is 38.8 Å². The molecular weight excluding hydrogens is 566 g/mol. The van der Waals surface area contributed by atoms with Gasteiger partial charge in [0.2, 0.25) is 29.5 Å². The maximum Gasteiger partial charge on any atom is 0.303 e. The molecule has 0 heterocycles. The van der Waals surface area contributed by atoms with Crippen LogP contribution < -0.4 is 32.3 Å². The van der Waals surface area contributed by atoms with Crippen molar-refractivity contribution in [3.63, 3.8) is 0 Å². The van der Waals surface area contributed by atoms with E-state index in [1.54, 1.807) is 6.92 Å². The van der Waals surface area contributed by atoms with Crippen LogP contribution in [0.4, 0.5) is 11.4 Å². The Bertz CT molecular complexity index is 1140. The molecule has 0 aliphatic rings. The van der Waals surface area contributed by atoms with E-state index in [9.17, 15) is 38.9 Å². The number of aliphatic carboxylic acids is 1. The van der Waals surface area contributed by atoms with E-state index in [1.807, 2.05) is 6.92 Å². The third-order valence-corrected chi connectivity index (χ3v) is 6.50. The Morgan fingerprint density at radius 1 is 0.930 bits per heavy atom. The predicted molar refractivity (Wildman–Crippen MR) is 155 cm³/mol. The molecule has 5 amide bonds. The summed E-state index contributed by atoms with van der Waals surface area (Å²) in [5.41, 5.74) is 5.64. The number of nitrogens with two attached hydrogens (primary N) is 1. The van der Waals surface area contributed by atoms with Gasteiger partial charge in [0, 0.05) is 31.2 Å². The number of anilines is 1. The Morgan fingerprint density at radius 3 is 2.09 bits per heavy atom. The lowest BCUT2D eigenvalue weighted by molar-refractivity contribution is -0.384. The molecule has 1 rings (SSSR count). The molecule has 16 nitrogen and oxygen atoms in total. The van der Waals surface area contributed by atoms with Crippen molar-refractivity contribution in [2.75, 3.05) is 18.4 Å². The minimum absolute atomic E-state index is 0.162. The molecule has 0 bridgehead atoms. The summed E-state index contributed by atoms with van der Waals surface area (Å²) in [6.45, 7) is 4.57. The van der Waals surface area contributed by atoms with Crippen molar-refractivity contribution in [1.29, 1.82) is 0 Å². The molecule has 4 atom stereocenters. The normalized spacial score (nSPS) is 13.4. The summed E-state index contributed by atoms with van der Waals surface area (Å²) in [5.74, 6) is -4.78. The largest absolute Gasteiger partial charge is 0.481 e. The first-order chi connectivity index (χ1) is 20.3. The van der Waals surface area contributed by atoms with Crippen LogP contribution in [0.15, 0.2) is 24.3 Å². The molecule has 0 radical (unpaired) electrons. The smallest absolute Gasteiger partial charge is 0.303 e. The number of amides is 5. The second-order valence-electron chi connectivity index (χ2n) is 9.97. The monoisotopic (exact) mass is 607 g/mol. The maximum absolute atomic E-state index is 12.9. The van der Waals surface area contributed by atoms with Gasteiger partial charge in [-0.25, -0.2) is 0 Å². The highest BCUT2D eigenvalue weighted by atomic mass is 16.6. The number of carbonyl (C=O) groups is 6. The van der Waals surface area contributed by atoms with Crippen molar-refractivity contribution in [3.05, 3.63) is 34.4 Å². The highest BCUT2D eigenvalue weighted by Gasteiger charge is 2.30. The highest BCUT2D eigenvalue weighted by Crippen LogP contribution is 2.16. The van der Waals surface area contributed by atoms with E-state index in [0.717, 1.165) is 0 Å². The zero-order valence-corrected chi connectivity index (χ0v) is 24.5. The summed E-state index contributed by atoms with van der Waals surface area (Å²) < 4.78 is 0. The van der Waals surface area contributed by atoms with Crippen molar-refractivity contribution in [1.82, 2.24) is 21.3 Å². The van der Waals surface area contributed by atoms with Gasteiger partial charge in [-0.15, -0.1) is 0 Å². The fourth-order valence-electron chi connectivity index (χ4n) is 3.91. The van der Waals surface area contributed by atoms with Crippen molar-refractivity contribution in [3.8, 4) is 0 Å². The molecule has 8 N–H and O–H groups in total. The van der Waals surface area contributed by atoms with Gasteiger partial charge in [-0.05, 0) is 50.3 Å². The SMILES string of the molecule is CC[C@H](C)[C@H](NC(C)=O)C(=O)N[C@@H](CCC(=O)O)C(=O)NCC(=O)N[C@@H](CCCCN)C(=O)Nc1ccc([N+](=O)[O-])cc1. The van der Waals surface area contributed by atoms with Crippen LogP contribution in [0.25, 0.3) is 0 Å². The topological polar surface area (TPSA) is 252 Å². The van der Waals surface area contributed by atoms with E-state index in [2.05, 4.69) is 26.6 Å². The summed E-state index contributed by atoms with van der Waals surface area (Å²) in [4.78, 5) is 84.4. The lowest BCUT2D eigenvalue weighted by Crippen LogP contribution is -2.56.